The van der Waals surface area contributed by atoms with Gasteiger partial charge in [0.05, 0.1) is 23.8 Å². The van der Waals surface area contributed by atoms with E-state index in [1.807, 2.05) is 23.6 Å². The Hall–Kier alpha value is -2.84. The van der Waals surface area contributed by atoms with Gasteiger partial charge in [0.15, 0.2) is 5.16 Å². The van der Waals surface area contributed by atoms with Crippen LogP contribution in [0.1, 0.15) is 35.7 Å². The first-order valence-electron chi connectivity index (χ1n) is 12.6. The lowest BCUT2D eigenvalue weighted by Crippen LogP contribution is -2.37. The van der Waals surface area contributed by atoms with Crippen molar-refractivity contribution in [3.05, 3.63) is 75.9 Å². The molecule has 0 amide bonds. The van der Waals surface area contributed by atoms with Crippen LogP contribution in [-0.4, -0.2) is 49.4 Å². The second-order valence-electron chi connectivity index (χ2n) is 9.68. The first kappa shape index (κ1) is 22.6. The average Bonchev–Trinajstić information content (AvgIpc) is 3.62. The Balaban J connectivity index is 1.10. The molecule has 3 aromatic heterocycles. The summed E-state index contributed by atoms with van der Waals surface area (Å²) in [6.07, 6.45) is 5.81. The van der Waals surface area contributed by atoms with Gasteiger partial charge in [-0.25, -0.2) is 9.97 Å². The standard InChI is InChI=1S/C27H31N5O2S/c1-19-22(26(33)31-14-16-35-27(31)28-19)10-13-30-11-8-20(9-12-30)17-25-29-23-6-2-3-7-24(23)32(25)18-21-5-4-15-34-21/h2-7,15,20H,8-14,16-18H2,1H3. The molecule has 7 nitrogen and oxygen atoms in total. The quantitative estimate of drug-likeness (QED) is 0.364. The zero-order chi connectivity index (χ0) is 23.8. The lowest BCUT2D eigenvalue weighted by atomic mass is 9.93. The normalized spacial score (nSPS) is 16.8. The van der Waals surface area contributed by atoms with Crippen LogP contribution >= 0.6 is 11.8 Å². The SMILES string of the molecule is Cc1nc2n(c(=O)c1CCN1CCC(Cc3nc4ccccc4n3Cc3ccco3)CC1)CCS2. The predicted octanol–water partition coefficient (Wildman–Crippen LogP) is 4.15. The summed E-state index contributed by atoms with van der Waals surface area (Å²) in [5, 5.41) is 0.884. The van der Waals surface area contributed by atoms with E-state index in [-0.39, 0.29) is 5.56 Å². The number of hydrogen-bond acceptors (Lipinski definition) is 6. The summed E-state index contributed by atoms with van der Waals surface area (Å²) in [4.78, 5) is 25.1. The average molecular weight is 490 g/mol. The molecule has 0 unspecified atom stereocenters. The number of fused-ring (bicyclic) bond motifs is 2. The zero-order valence-corrected chi connectivity index (χ0v) is 21.0. The smallest absolute Gasteiger partial charge is 0.257 e. The molecule has 6 rings (SSSR count). The number of likely N-dealkylation sites (tertiary alicyclic amines) is 1. The molecule has 0 radical (unpaired) electrons. The Morgan fingerprint density at radius 3 is 2.77 bits per heavy atom. The van der Waals surface area contributed by atoms with Gasteiger partial charge in [0.25, 0.3) is 5.56 Å². The van der Waals surface area contributed by atoms with E-state index in [0.29, 0.717) is 12.5 Å². The number of thioether (sulfide) groups is 1. The molecule has 2 aliphatic heterocycles. The van der Waals surface area contributed by atoms with Crippen molar-refractivity contribution in [2.75, 3.05) is 25.4 Å². The first-order valence-corrected chi connectivity index (χ1v) is 13.6. The van der Waals surface area contributed by atoms with Crippen LogP contribution in [0.3, 0.4) is 0 Å². The fourth-order valence-electron chi connectivity index (χ4n) is 5.46. The Morgan fingerprint density at radius 1 is 1.09 bits per heavy atom. The van der Waals surface area contributed by atoms with E-state index in [0.717, 1.165) is 91.1 Å². The third-order valence-corrected chi connectivity index (χ3v) is 8.42. The topological polar surface area (TPSA) is 69.1 Å². The number of furan rings is 1. The minimum atomic E-state index is 0.169. The fraction of sp³-hybridized carbons (Fsp3) is 0.444. The highest BCUT2D eigenvalue weighted by Crippen LogP contribution is 2.26. The number of imidazole rings is 1. The first-order chi connectivity index (χ1) is 17.2. The van der Waals surface area contributed by atoms with Crippen LogP contribution < -0.4 is 5.56 Å². The van der Waals surface area contributed by atoms with Crippen LogP contribution in [0.25, 0.3) is 11.0 Å². The van der Waals surface area contributed by atoms with Crippen LogP contribution in [0.15, 0.2) is 57.0 Å². The van der Waals surface area contributed by atoms with Gasteiger partial charge in [-0.15, -0.1) is 0 Å². The Labute approximate surface area is 209 Å². The number of nitrogens with zero attached hydrogens (tertiary/aromatic N) is 5. The summed E-state index contributed by atoms with van der Waals surface area (Å²) in [6.45, 7) is 6.54. The van der Waals surface area contributed by atoms with Gasteiger partial charge in [-0.2, -0.15) is 0 Å². The molecule has 0 saturated carbocycles. The summed E-state index contributed by atoms with van der Waals surface area (Å²) in [6, 6.07) is 12.3. The highest BCUT2D eigenvalue weighted by Gasteiger charge is 2.24. The largest absolute Gasteiger partial charge is 0.467 e. The number of rotatable bonds is 7. The van der Waals surface area contributed by atoms with Gasteiger partial charge < -0.3 is 13.9 Å². The molecule has 0 atom stereocenters. The van der Waals surface area contributed by atoms with Crippen LogP contribution in [0.2, 0.25) is 0 Å². The summed E-state index contributed by atoms with van der Waals surface area (Å²) < 4.78 is 9.81. The van der Waals surface area contributed by atoms with Gasteiger partial charge in [0, 0.05) is 36.5 Å². The number of aromatic nitrogens is 4. The highest BCUT2D eigenvalue weighted by molar-refractivity contribution is 7.99. The number of para-hydroxylation sites is 2. The molecule has 0 spiro atoms. The van der Waals surface area contributed by atoms with Crippen molar-refractivity contribution >= 4 is 22.8 Å². The van der Waals surface area contributed by atoms with Crippen molar-refractivity contribution in [1.82, 2.24) is 24.0 Å². The maximum atomic E-state index is 12.9. The number of piperidine rings is 1. The van der Waals surface area contributed by atoms with E-state index in [9.17, 15) is 4.79 Å². The molecule has 5 heterocycles. The van der Waals surface area contributed by atoms with Crippen LogP contribution in [0, 0.1) is 12.8 Å². The number of aryl methyl sites for hydroxylation is 1. The monoisotopic (exact) mass is 489 g/mol. The van der Waals surface area contributed by atoms with Crippen molar-refractivity contribution in [3.63, 3.8) is 0 Å². The van der Waals surface area contributed by atoms with Crippen LogP contribution in [0.4, 0.5) is 0 Å². The molecule has 8 heteroatoms. The fourth-order valence-corrected chi connectivity index (χ4v) is 6.45. The molecule has 0 bridgehead atoms. The molecule has 1 saturated heterocycles. The highest BCUT2D eigenvalue weighted by atomic mass is 32.2. The second kappa shape index (κ2) is 9.66. The summed E-state index contributed by atoms with van der Waals surface area (Å²) >= 11 is 1.68. The molecular formula is C27H31N5O2S. The molecular weight excluding hydrogens is 458 g/mol. The second-order valence-corrected chi connectivity index (χ2v) is 10.7. The van der Waals surface area contributed by atoms with E-state index < -0.39 is 0 Å². The molecule has 2 aliphatic rings. The summed E-state index contributed by atoms with van der Waals surface area (Å²) in [7, 11) is 0. The molecule has 0 aliphatic carbocycles. The Kier molecular flexibility index (Phi) is 6.24. The molecule has 35 heavy (non-hydrogen) atoms. The van der Waals surface area contributed by atoms with Crippen molar-refractivity contribution in [1.29, 1.82) is 0 Å². The Morgan fingerprint density at radius 2 is 1.94 bits per heavy atom. The maximum Gasteiger partial charge on any atom is 0.257 e. The minimum absolute atomic E-state index is 0.169. The van der Waals surface area contributed by atoms with Gasteiger partial charge in [-0.1, -0.05) is 23.9 Å². The van der Waals surface area contributed by atoms with Gasteiger partial charge >= 0.3 is 0 Å². The molecule has 182 valence electrons. The predicted molar refractivity (Wildman–Crippen MR) is 138 cm³/mol. The van der Waals surface area contributed by atoms with Gasteiger partial charge in [-0.3, -0.25) is 9.36 Å². The van der Waals surface area contributed by atoms with E-state index in [1.165, 1.54) is 5.52 Å². The third-order valence-electron chi connectivity index (χ3n) is 7.46. The van der Waals surface area contributed by atoms with E-state index >= 15 is 0 Å². The molecule has 1 aromatic carbocycles. The number of hydrogen-bond donors (Lipinski definition) is 0. The van der Waals surface area contributed by atoms with Crippen LogP contribution in [-0.2, 0) is 25.9 Å². The van der Waals surface area contributed by atoms with E-state index in [4.69, 9.17) is 9.40 Å². The maximum absolute atomic E-state index is 12.9. The lowest BCUT2D eigenvalue weighted by molar-refractivity contribution is 0.184. The summed E-state index contributed by atoms with van der Waals surface area (Å²) in [5.41, 5.74) is 4.18. The molecule has 4 aromatic rings. The van der Waals surface area contributed by atoms with Crippen LogP contribution in [0.5, 0.6) is 0 Å². The molecule has 0 N–H and O–H groups in total. The van der Waals surface area contributed by atoms with Gasteiger partial charge in [0.2, 0.25) is 0 Å². The third kappa shape index (κ3) is 4.57. The van der Waals surface area contributed by atoms with Crippen molar-refractivity contribution in [2.24, 2.45) is 5.92 Å². The summed E-state index contributed by atoms with van der Waals surface area (Å²) in [5.74, 6) is 3.67. The Bertz CT molecular complexity index is 1380. The van der Waals surface area contributed by atoms with Crippen molar-refractivity contribution in [2.45, 2.75) is 50.9 Å². The van der Waals surface area contributed by atoms with E-state index in [2.05, 4.69) is 38.7 Å². The van der Waals surface area contributed by atoms with Gasteiger partial charge in [-0.05, 0) is 69.5 Å². The minimum Gasteiger partial charge on any atom is -0.467 e. The van der Waals surface area contributed by atoms with Crippen molar-refractivity contribution < 1.29 is 4.42 Å². The molecule has 1 fully saturated rings. The lowest BCUT2D eigenvalue weighted by Gasteiger charge is -2.32. The zero-order valence-electron chi connectivity index (χ0n) is 20.2. The van der Waals surface area contributed by atoms with Crippen molar-refractivity contribution in [3.8, 4) is 0 Å². The van der Waals surface area contributed by atoms with E-state index in [1.54, 1.807) is 18.0 Å². The number of benzene rings is 1. The van der Waals surface area contributed by atoms with Gasteiger partial charge in [0.1, 0.15) is 11.6 Å².